The van der Waals surface area contributed by atoms with Crippen LogP contribution in [0.5, 0.6) is 0 Å². The lowest BCUT2D eigenvalue weighted by molar-refractivity contribution is -0.116. The van der Waals surface area contributed by atoms with E-state index in [-0.39, 0.29) is 12.5 Å². The molecule has 0 unspecified atom stereocenters. The normalized spacial score (nSPS) is 10.9. The highest BCUT2D eigenvalue weighted by Gasteiger charge is 2.09. The van der Waals surface area contributed by atoms with Crippen LogP contribution in [-0.2, 0) is 11.3 Å². The Morgan fingerprint density at radius 3 is 2.68 bits per heavy atom. The van der Waals surface area contributed by atoms with Crippen LogP contribution >= 0.6 is 11.6 Å². The summed E-state index contributed by atoms with van der Waals surface area (Å²) in [6.45, 7) is 0.0943. The van der Waals surface area contributed by atoms with E-state index in [9.17, 15) is 4.79 Å². The smallest absolute Gasteiger partial charge is 0.246 e. The molecule has 0 bridgehead atoms. The summed E-state index contributed by atoms with van der Waals surface area (Å²) in [7, 11) is 0. The molecule has 7 nitrogen and oxygen atoms in total. The maximum Gasteiger partial charge on any atom is 0.246 e. The van der Waals surface area contributed by atoms with E-state index in [0.29, 0.717) is 10.7 Å². The Labute approximate surface area is 147 Å². The third-order valence-corrected chi connectivity index (χ3v) is 3.88. The lowest BCUT2D eigenvalue weighted by atomic mass is 10.3. The Morgan fingerprint density at radius 1 is 1.12 bits per heavy atom. The summed E-state index contributed by atoms with van der Waals surface area (Å²) in [4.78, 5) is 12.2. The molecule has 8 heteroatoms. The van der Waals surface area contributed by atoms with Gasteiger partial charge in [-0.05, 0) is 36.4 Å². The molecule has 1 amide bonds. The third-order valence-electron chi connectivity index (χ3n) is 3.68. The van der Waals surface area contributed by atoms with Gasteiger partial charge in [0.2, 0.25) is 5.91 Å². The number of rotatable bonds is 4. The van der Waals surface area contributed by atoms with Crippen LogP contribution in [0, 0.1) is 0 Å². The van der Waals surface area contributed by atoms with E-state index in [4.69, 9.17) is 11.6 Å². The third kappa shape index (κ3) is 3.22. The zero-order valence-corrected chi connectivity index (χ0v) is 13.8. The first-order chi connectivity index (χ1) is 12.2. The molecule has 2 aromatic carbocycles. The Hall–Kier alpha value is -3.19. The number of hydrogen-bond donors (Lipinski definition) is 1. The molecular formula is C17H13ClN6O. The minimum atomic E-state index is -0.175. The average Bonchev–Trinajstić information content (AvgIpc) is 3.22. The molecule has 1 N–H and O–H groups in total. The van der Waals surface area contributed by atoms with Crippen molar-refractivity contribution < 1.29 is 4.79 Å². The first-order valence-corrected chi connectivity index (χ1v) is 7.95. The van der Waals surface area contributed by atoms with Crippen LogP contribution < -0.4 is 5.32 Å². The van der Waals surface area contributed by atoms with Gasteiger partial charge in [-0.1, -0.05) is 28.9 Å². The fraction of sp³-hybridized carbons (Fsp3) is 0.0588. The number of aromatic nitrogens is 5. The van der Waals surface area contributed by atoms with E-state index in [0.717, 1.165) is 16.7 Å². The van der Waals surface area contributed by atoms with Crippen LogP contribution in [0.1, 0.15) is 0 Å². The Bertz CT molecular complexity index is 1040. The van der Waals surface area contributed by atoms with Crippen molar-refractivity contribution in [3.8, 4) is 5.69 Å². The van der Waals surface area contributed by atoms with Gasteiger partial charge in [-0.3, -0.25) is 4.79 Å². The number of halogens is 1. The van der Waals surface area contributed by atoms with Crippen molar-refractivity contribution in [3.63, 3.8) is 0 Å². The molecule has 0 saturated carbocycles. The number of benzene rings is 2. The monoisotopic (exact) mass is 352 g/mol. The molecule has 4 aromatic rings. The average molecular weight is 353 g/mol. The first-order valence-electron chi connectivity index (χ1n) is 7.58. The molecule has 124 valence electrons. The number of hydrogen-bond acceptors (Lipinski definition) is 4. The van der Waals surface area contributed by atoms with Crippen molar-refractivity contribution in [1.82, 2.24) is 24.8 Å². The van der Waals surface area contributed by atoms with Crippen LogP contribution in [-0.4, -0.2) is 30.7 Å². The second-order valence-electron chi connectivity index (χ2n) is 5.43. The zero-order chi connectivity index (χ0) is 17.2. The number of nitrogens with zero attached hydrogens (tertiary/aromatic N) is 5. The number of amides is 1. The molecule has 25 heavy (non-hydrogen) atoms. The minimum Gasteiger partial charge on any atom is -0.324 e. The summed E-state index contributed by atoms with van der Waals surface area (Å²) >= 11 is 5.87. The molecule has 0 saturated heterocycles. The SMILES string of the molecule is O=C(Cn1nnc2ccccc21)Nc1ccc(-n2cc(Cl)cn2)cc1. The molecule has 4 rings (SSSR count). The minimum absolute atomic E-state index is 0.0943. The van der Waals surface area contributed by atoms with Crippen LogP contribution in [0.3, 0.4) is 0 Å². The van der Waals surface area contributed by atoms with Gasteiger partial charge in [0, 0.05) is 11.9 Å². The summed E-state index contributed by atoms with van der Waals surface area (Å²) in [6.07, 6.45) is 3.28. The van der Waals surface area contributed by atoms with E-state index >= 15 is 0 Å². The van der Waals surface area contributed by atoms with Crippen molar-refractivity contribution in [2.75, 3.05) is 5.32 Å². The van der Waals surface area contributed by atoms with Crippen LogP contribution in [0.25, 0.3) is 16.7 Å². The summed E-state index contributed by atoms with van der Waals surface area (Å²) in [5.74, 6) is -0.175. The summed E-state index contributed by atoms with van der Waals surface area (Å²) in [6, 6.07) is 14.8. The summed E-state index contributed by atoms with van der Waals surface area (Å²) in [5, 5.41) is 15.6. The lowest BCUT2D eigenvalue weighted by Crippen LogP contribution is -2.19. The highest BCUT2D eigenvalue weighted by molar-refractivity contribution is 6.30. The number of carbonyl (C=O) groups excluding carboxylic acids is 1. The van der Waals surface area contributed by atoms with Crippen molar-refractivity contribution in [2.45, 2.75) is 6.54 Å². The predicted molar refractivity (Wildman–Crippen MR) is 94.7 cm³/mol. The van der Waals surface area contributed by atoms with Crippen LogP contribution in [0.4, 0.5) is 5.69 Å². The van der Waals surface area contributed by atoms with Gasteiger partial charge < -0.3 is 5.32 Å². The molecular weight excluding hydrogens is 340 g/mol. The Morgan fingerprint density at radius 2 is 1.92 bits per heavy atom. The standard InChI is InChI=1S/C17H13ClN6O/c18-12-9-19-23(10-12)14-7-5-13(6-8-14)20-17(25)11-24-16-4-2-1-3-15(16)21-22-24/h1-10H,11H2,(H,20,25). The highest BCUT2D eigenvalue weighted by atomic mass is 35.5. The summed E-state index contributed by atoms with van der Waals surface area (Å²) < 4.78 is 3.24. The van der Waals surface area contributed by atoms with Gasteiger partial charge in [-0.25, -0.2) is 9.36 Å². The highest BCUT2D eigenvalue weighted by Crippen LogP contribution is 2.15. The van der Waals surface area contributed by atoms with E-state index in [1.165, 1.54) is 0 Å². The van der Waals surface area contributed by atoms with Crippen molar-refractivity contribution in [1.29, 1.82) is 0 Å². The second-order valence-corrected chi connectivity index (χ2v) is 5.87. The molecule has 0 atom stereocenters. The number of carbonyl (C=O) groups is 1. The second kappa shape index (κ2) is 6.37. The topological polar surface area (TPSA) is 77.6 Å². The van der Waals surface area contributed by atoms with Gasteiger partial charge in [0.25, 0.3) is 0 Å². The van der Waals surface area contributed by atoms with Crippen molar-refractivity contribution >= 4 is 34.2 Å². The van der Waals surface area contributed by atoms with Gasteiger partial charge in [0.1, 0.15) is 12.1 Å². The molecule has 0 radical (unpaired) electrons. The lowest BCUT2D eigenvalue weighted by Gasteiger charge is -2.07. The predicted octanol–water partition coefficient (Wildman–Crippen LogP) is 2.91. The summed E-state index contributed by atoms with van der Waals surface area (Å²) in [5.41, 5.74) is 3.13. The molecule has 0 aliphatic heterocycles. The van der Waals surface area contributed by atoms with Crippen LogP contribution in [0.15, 0.2) is 60.9 Å². The van der Waals surface area contributed by atoms with Crippen molar-refractivity contribution in [2.24, 2.45) is 0 Å². The number of anilines is 1. The Kier molecular flexibility index (Phi) is 3.91. The van der Waals surface area contributed by atoms with Crippen LogP contribution in [0.2, 0.25) is 5.02 Å². The van der Waals surface area contributed by atoms with Crippen molar-refractivity contribution in [3.05, 3.63) is 65.9 Å². The molecule has 0 fully saturated rings. The zero-order valence-electron chi connectivity index (χ0n) is 13.0. The Balaban J connectivity index is 1.45. The van der Waals surface area contributed by atoms with Gasteiger partial charge in [0.05, 0.1) is 22.4 Å². The van der Waals surface area contributed by atoms with Gasteiger partial charge in [0.15, 0.2) is 0 Å². The maximum absolute atomic E-state index is 12.2. The van der Waals surface area contributed by atoms with E-state index < -0.39 is 0 Å². The molecule has 2 aromatic heterocycles. The van der Waals surface area contributed by atoms with E-state index in [2.05, 4.69) is 20.7 Å². The van der Waals surface area contributed by atoms with Gasteiger partial charge in [-0.2, -0.15) is 5.10 Å². The molecule has 2 heterocycles. The van der Waals surface area contributed by atoms with E-state index in [1.54, 1.807) is 21.8 Å². The quantitative estimate of drug-likeness (QED) is 0.612. The fourth-order valence-electron chi connectivity index (χ4n) is 2.51. The number of fused-ring (bicyclic) bond motifs is 1. The molecule has 0 aliphatic rings. The molecule has 0 aliphatic carbocycles. The molecule has 0 spiro atoms. The first kappa shape index (κ1) is 15.3. The number of nitrogens with one attached hydrogen (secondary N) is 1. The van der Waals surface area contributed by atoms with E-state index in [1.807, 2.05) is 48.5 Å². The van der Waals surface area contributed by atoms with Gasteiger partial charge in [-0.15, -0.1) is 5.10 Å². The fourth-order valence-corrected chi connectivity index (χ4v) is 2.65. The largest absolute Gasteiger partial charge is 0.324 e. The van der Waals surface area contributed by atoms with Gasteiger partial charge >= 0.3 is 0 Å². The number of para-hydroxylation sites is 1. The maximum atomic E-state index is 12.2.